The molecule has 0 atom stereocenters. The van der Waals surface area contributed by atoms with Crippen molar-refractivity contribution in [2.75, 3.05) is 0 Å². The van der Waals surface area contributed by atoms with E-state index in [-0.39, 0.29) is 0 Å². The van der Waals surface area contributed by atoms with Crippen molar-refractivity contribution in [3.05, 3.63) is 158 Å². The molecular formula is C39H21Cl6N3. The summed E-state index contributed by atoms with van der Waals surface area (Å²) in [6.45, 7) is 0. The van der Waals surface area contributed by atoms with Gasteiger partial charge in [0.1, 0.15) is 30.9 Å². The molecule has 4 aromatic carbocycles. The fraction of sp³-hybridized carbons (Fsp3) is 0. The lowest BCUT2D eigenvalue weighted by Crippen LogP contribution is -1.88. The zero-order valence-electron chi connectivity index (χ0n) is 24.7. The fourth-order valence-electron chi connectivity index (χ4n) is 5.59. The Hall–Kier alpha value is -3.93. The third-order valence-electron chi connectivity index (χ3n) is 7.88. The summed E-state index contributed by atoms with van der Waals surface area (Å²) in [6.07, 6.45) is 0. The molecule has 0 saturated heterocycles. The predicted molar refractivity (Wildman–Crippen MR) is 203 cm³/mol. The van der Waals surface area contributed by atoms with Crippen molar-refractivity contribution in [2.24, 2.45) is 0 Å². The molecule has 3 heterocycles. The highest BCUT2D eigenvalue weighted by atomic mass is 35.5. The fourth-order valence-corrected chi connectivity index (χ4v) is 6.97. The van der Waals surface area contributed by atoms with Crippen LogP contribution in [0.3, 0.4) is 0 Å². The summed E-state index contributed by atoms with van der Waals surface area (Å²) in [4.78, 5) is 12.2. The van der Waals surface area contributed by atoms with Crippen LogP contribution >= 0.6 is 69.6 Å². The highest BCUT2D eigenvalue weighted by Crippen LogP contribution is 2.36. The van der Waals surface area contributed by atoms with Crippen molar-refractivity contribution >= 4 is 69.6 Å². The monoisotopic (exact) mass is 741 g/mol. The number of halogens is 6. The van der Waals surface area contributed by atoms with E-state index in [9.17, 15) is 0 Å². The number of benzene rings is 4. The maximum absolute atomic E-state index is 6.17. The molecule has 234 valence electrons. The molecule has 0 bridgehead atoms. The van der Waals surface area contributed by atoms with Gasteiger partial charge in [0, 0.05) is 0 Å². The van der Waals surface area contributed by atoms with Crippen LogP contribution in [0.25, 0.3) is 66.8 Å². The second-order valence-corrected chi connectivity index (χ2v) is 13.4. The van der Waals surface area contributed by atoms with Crippen molar-refractivity contribution in [3.63, 3.8) is 0 Å². The van der Waals surface area contributed by atoms with Gasteiger partial charge in [-0.25, -0.2) is 15.0 Å². The van der Waals surface area contributed by atoms with E-state index in [2.05, 4.69) is 106 Å². The van der Waals surface area contributed by atoms with Gasteiger partial charge in [-0.2, -0.15) is 0 Å². The van der Waals surface area contributed by atoms with E-state index in [0.29, 0.717) is 30.9 Å². The molecule has 7 rings (SSSR count). The molecule has 0 spiro atoms. The largest absolute Gasteiger partial charge is 0.224 e. The molecule has 0 aliphatic rings. The molecule has 48 heavy (non-hydrogen) atoms. The van der Waals surface area contributed by atoms with Crippen LogP contribution < -0.4 is 0 Å². The van der Waals surface area contributed by atoms with E-state index < -0.39 is 0 Å². The molecular weight excluding hydrogens is 723 g/mol. The third-order valence-corrected chi connectivity index (χ3v) is 9.04. The topological polar surface area (TPSA) is 38.7 Å². The number of hydrogen-bond donors (Lipinski definition) is 0. The SMILES string of the molecule is Clc1cc(-c2ccc(-c3cc(-c4ccc(-c5cc(Cl)nc(Cl)c5)cc4)cc(-c4ccc(-c5cc(Cl)nc(Cl)c5)cc4)c3)cc2)cc(Cl)n1. The van der Waals surface area contributed by atoms with Gasteiger partial charge in [-0.1, -0.05) is 142 Å². The number of pyridine rings is 3. The Morgan fingerprint density at radius 2 is 0.354 bits per heavy atom. The lowest BCUT2D eigenvalue weighted by molar-refractivity contribution is 1.33. The van der Waals surface area contributed by atoms with Crippen LogP contribution in [0.1, 0.15) is 0 Å². The second-order valence-electron chi connectivity index (χ2n) is 11.0. The number of aromatic nitrogens is 3. The first-order valence-electron chi connectivity index (χ1n) is 14.6. The molecule has 0 fully saturated rings. The Balaban J connectivity index is 1.29. The molecule has 9 heteroatoms. The van der Waals surface area contributed by atoms with Crippen LogP contribution in [0.5, 0.6) is 0 Å². The maximum atomic E-state index is 6.17. The minimum Gasteiger partial charge on any atom is -0.224 e. The Morgan fingerprint density at radius 3 is 0.521 bits per heavy atom. The van der Waals surface area contributed by atoms with Crippen molar-refractivity contribution < 1.29 is 0 Å². The molecule has 0 saturated carbocycles. The summed E-state index contributed by atoms with van der Waals surface area (Å²) in [7, 11) is 0. The van der Waals surface area contributed by atoms with Gasteiger partial charge in [-0.3, -0.25) is 0 Å². The zero-order chi connectivity index (χ0) is 33.4. The van der Waals surface area contributed by atoms with Gasteiger partial charge >= 0.3 is 0 Å². The molecule has 0 N–H and O–H groups in total. The van der Waals surface area contributed by atoms with Crippen LogP contribution in [0.2, 0.25) is 30.9 Å². The predicted octanol–water partition coefficient (Wildman–Crippen LogP) is 13.8. The standard InChI is InChI=1S/C39H21Cl6N3/c40-34-16-31(17-35(41)46-34)25-7-1-22(2-8-25)28-13-29(23-3-9-26(10-4-23)32-18-36(42)47-37(43)19-32)15-30(14-28)24-5-11-27(12-6-24)33-20-38(44)48-39(45)21-33/h1-21H. The first kappa shape index (κ1) is 32.6. The van der Waals surface area contributed by atoms with E-state index in [0.717, 1.165) is 66.8 Å². The number of rotatable bonds is 6. The summed E-state index contributed by atoms with van der Waals surface area (Å²) < 4.78 is 0. The van der Waals surface area contributed by atoms with Crippen LogP contribution in [0.15, 0.2) is 127 Å². The minimum absolute atomic E-state index is 0.348. The number of nitrogens with zero attached hydrogens (tertiary/aromatic N) is 3. The van der Waals surface area contributed by atoms with E-state index in [4.69, 9.17) is 69.6 Å². The summed E-state index contributed by atoms with van der Waals surface area (Å²) in [6, 6.07) is 42.3. The van der Waals surface area contributed by atoms with E-state index in [1.807, 2.05) is 0 Å². The Morgan fingerprint density at radius 1 is 0.208 bits per heavy atom. The zero-order valence-corrected chi connectivity index (χ0v) is 29.3. The normalized spacial score (nSPS) is 11.1. The van der Waals surface area contributed by atoms with Gasteiger partial charge in [0.05, 0.1) is 0 Å². The van der Waals surface area contributed by atoms with Gasteiger partial charge in [0.15, 0.2) is 0 Å². The summed E-state index contributed by atoms with van der Waals surface area (Å²) >= 11 is 37.0. The molecule has 0 amide bonds. The average Bonchev–Trinajstić information content (AvgIpc) is 3.07. The van der Waals surface area contributed by atoms with E-state index in [1.54, 1.807) is 36.4 Å². The molecule has 3 nitrogen and oxygen atoms in total. The average molecular weight is 744 g/mol. The van der Waals surface area contributed by atoms with Gasteiger partial charge in [0.25, 0.3) is 0 Å². The van der Waals surface area contributed by atoms with Gasteiger partial charge in [-0.15, -0.1) is 0 Å². The quantitative estimate of drug-likeness (QED) is 0.159. The lowest BCUT2D eigenvalue weighted by Gasteiger charge is -2.13. The third kappa shape index (κ3) is 7.38. The maximum Gasteiger partial charge on any atom is 0.131 e. The number of hydrogen-bond acceptors (Lipinski definition) is 3. The van der Waals surface area contributed by atoms with E-state index >= 15 is 0 Å². The van der Waals surface area contributed by atoms with Crippen LogP contribution in [0.4, 0.5) is 0 Å². The van der Waals surface area contributed by atoms with Crippen LogP contribution in [-0.4, -0.2) is 15.0 Å². The van der Waals surface area contributed by atoms with Gasteiger partial charge in [0.2, 0.25) is 0 Å². The van der Waals surface area contributed by atoms with Crippen LogP contribution in [-0.2, 0) is 0 Å². The highest BCUT2D eigenvalue weighted by molar-refractivity contribution is 6.34. The minimum atomic E-state index is 0.348. The molecule has 0 unspecified atom stereocenters. The molecule has 0 aliphatic carbocycles. The highest BCUT2D eigenvalue weighted by Gasteiger charge is 2.11. The molecule has 0 radical (unpaired) electrons. The Bertz CT molecular complexity index is 1960. The molecule has 7 aromatic rings. The van der Waals surface area contributed by atoms with Crippen LogP contribution in [0, 0.1) is 0 Å². The van der Waals surface area contributed by atoms with Crippen molar-refractivity contribution in [1.82, 2.24) is 15.0 Å². The smallest absolute Gasteiger partial charge is 0.131 e. The van der Waals surface area contributed by atoms with Crippen molar-refractivity contribution in [2.45, 2.75) is 0 Å². The lowest BCUT2D eigenvalue weighted by atomic mass is 9.91. The first-order chi connectivity index (χ1) is 23.2. The van der Waals surface area contributed by atoms with Gasteiger partial charge in [-0.05, 0) is 121 Å². The van der Waals surface area contributed by atoms with E-state index in [1.165, 1.54) is 0 Å². The van der Waals surface area contributed by atoms with Crippen molar-refractivity contribution in [3.8, 4) is 66.8 Å². The molecule has 0 aliphatic heterocycles. The van der Waals surface area contributed by atoms with Crippen molar-refractivity contribution in [1.29, 1.82) is 0 Å². The molecule has 3 aromatic heterocycles. The first-order valence-corrected chi connectivity index (χ1v) is 16.9. The van der Waals surface area contributed by atoms with Gasteiger partial charge < -0.3 is 0 Å². The summed E-state index contributed by atoms with van der Waals surface area (Å²) in [5.41, 5.74) is 12.0. The Kier molecular flexibility index (Phi) is 9.44. The second kappa shape index (κ2) is 13.9. The summed E-state index contributed by atoms with van der Waals surface area (Å²) in [5, 5.41) is 2.09. The summed E-state index contributed by atoms with van der Waals surface area (Å²) in [5.74, 6) is 0. The Labute approximate surface area is 307 Å².